The molecule has 0 aliphatic carbocycles. The SMILES string of the molecule is CCOc1ccc(C2(CNC(=O)CCC(=O)c3ccc4c(c3)OCCO4)CCOCC2)cc1. The lowest BCUT2D eigenvalue weighted by Gasteiger charge is -2.38. The first-order chi connectivity index (χ1) is 16.1. The number of fused-ring (bicyclic) bond motifs is 1. The van der Waals surface area contributed by atoms with Crippen molar-refractivity contribution in [3.8, 4) is 17.2 Å². The van der Waals surface area contributed by atoms with Crippen LogP contribution in [0.2, 0.25) is 0 Å². The average Bonchev–Trinajstić information content (AvgIpc) is 2.87. The fourth-order valence-electron chi connectivity index (χ4n) is 4.35. The van der Waals surface area contributed by atoms with Gasteiger partial charge in [0, 0.05) is 43.6 Å². The molecule has 1 saturated heterocycles. The lowest BCUT2D eigenvalue weighted by Crippen LogP contribution is -2.44. The summed E-state index contributed by atoms with van der Waals surface area (Å²) >= 11 is 0. The molecule has 1 amide bonds. The molecule has 0 unspecified atom stereocenters. The Morgan fingerprint density at radius 1 is 0.939 bits per heavy atom. The summed E-state index contributed by atoms with van der Waals surface area (Å²) in [6, 6.07) is 13.3. The van der Waals surface area contributed by atoms with Gasteiger partial charge < -0.3 is 24.3 Å². The Hall–Kier alpha value is -3.06. The molecule has 0 spiro atoms. The van der Waals surface area contributed by atoms with E-state index in [1.807, 2.05) is 19.1 Å². The number of ether oxygens (including phenoxy) is 4. The maximum atomic E-state index is 12.6. The van der Waals surface area contributed by atoms with Crippen LogP contribution in [0.3, 0.4) is 0 Å². The minimum absolute atomic E-state index is 0.0885. The zero-order valence-corrected chi connectivity index (χ0v) is 19.1. The largest absolute Gasteiger partial charge is 0.494 e. The van der Waals surface area contributed by atoms with Gasteiger partial charge in [-0.2, -0.15) is 0 Å². The molecule has 0 aromatic heterocycles. The zero-order chi connectivity index (χ0) is 23.1. The lowest BCUT2D eigenvalue weighted by atomic mass is 9.74. The number of carbonyl (C=O) groups excluding carboxylic acids is 2. The van der Waals surface area contributed by atoms with Gasteiger partial charge in [-0.15, -0.1) is 0 Å². The molecule has 1 N–H and O–H groups in total. The molecule has 33 heavy (non-hydrogen) atoms. The highest BCUT2D eigenvalue weighted by molar-refractivity contribution is 5.98. The number of benzene rings is 2. The Balaban J connectivity index is 1.33. The highest BCUT2D eigenvalue weighted by Gasteiger charge is 2.35. The molecule has 0 saturated carbocycles. The van der Waals surface area contributed by atoms with Crippen molar-refractivity contribution in [2.24, 2.45) is 0 Å². The fourth-order valence-corrected chi connectivity index (χ4v) is 4.35. The van der Waals surface area contributed by atoms with Crippen molar-refractivity contribution in [1.29, 1.82) is 0 Å². The molecule has 176 valence electrons. The van der Waals surface area contributed by atoms with Crippen LogP contribution in [0.4, 0.5) is 0 Å². The van der Waals surface area contributed by atoms with E-state index in [1.165, 1.54) is 5.56 Å². The zero-order valence-electron chi connectivity index (χ0n) is 19.1. The Kier molecular flexibility index (Phi) is 7.50. The van der Waals surface area contributed by atoms with Crippen molar-refractivity contribution < 1.29 is 28.5 Å². The molecule has 0 atom stereocenters. The van der Waals surface area contributed by atoms with Crippen LogP contribution in [0.25, 0.3) is 0 Å². The minimum atomic E-state index is -0.182. The van der Waals surface area contributed by atoms with Crippen LogP contribution in [0.1, 0.15) is 48.5 Å². The number of hydrogen-bond donors (Lipinski definition) is 1. The van der Waals surface area contributed by atoms with E-state index in [0.29, 0.717) is 56.6 Å². The first-order valence-corrected chi connectivity index (χ1v) is 11.6. The molecular weight excluding hydrogens is 422 g/mol. The van der Waals surface area contributed by atoms with Gasteiger partial charge in [-0.25, -0.2) is 0 Å². The maximum Gasteiger partial charge on any atom is 0.220 e. The third-order valence-corrected chi connectivity index (χ3v) is 6.29. The molecule has 2 heterocycles. The summed E-state index contributed by atoms with van der Waals surface area (Å²) in [7, 11) is 0. The number of Topliss-reactive ketones (excluding diaryl/α,β-unsaturated/α-hetero) is 1. The quantitative estimate of drug-likeness (QED) is 0.583. The van der Waals surface area contributed by atoms with Crippen molar-refractivity contribution in [2.45, 2.75) is 38.0 Å². The molecule has 0 radical (unpaired) electrons. The molecule has 7 nitrogen and oxygen atoms in total. The Bertz CT molecular complexity index is 965. The van der Waals surface area contributed by atoms with E-state index in [-0.39, 0.29) is 29.9 Å². The predicted octanol–water partition coefficient (Wildman–Crippen LogP) is 3.68. The third kappa shape index (κ3) is 5.66. The number of rotatable bonds is 9. The number of ketones is 1. The van der Waals surface area contributed by atoms with Crippen molar-refractivity contribution in [1.82, 2.24) is 5.32 Å². The molecule has 0 bridgehead atoms. The van der Waals surface area contributed by atoms with Crippen LogP contribution >= 0.6 is 0 Å². The molecule has 2 aliphatic heterocycles. The monoisotopic (exact) mass is 453 g/mol. The van der Waals surface area contributed by atoms with Crippen molar-refractivity contribution in [3.05, 3.63) is 53.6 Å². The lowest BCUT2D eigenvalue weighted by molar-refractivity contribution is -0.121. The molecule has 7 heteroatoms. The highest BCUT2D eigenvalue weighted by Crippen LogP contribution is 2.35. The summed E-state index contributed by atoms with van der Waals surface area (Å²) in [5.41, 5.74) is 1.52. The van der Waals surface area contributed by atoms with E-state index in [1.54, 1.807) is 18.2 Å². The highest BCUT2D eigenvalue weighted by atomic mass is 16.6. The maximum absolute atomic E-state index is 12.6. The Morgan fingerprint density at radius 2 is 1.67 bits per heavy atom. The van der Waals surface area contributed by atoms with Crippen LogP contribution in [0.5, 0.6) is 17.2 Å². The summed E-state index contributed by atoms with van der Waals surface area (Å²) < 4.78 is 22.2. The average molecular weight is 454 g/mol. The van der Waals surface area contributed by atoms with Crippen molar-refractivity contribution >= 4 is 11.7 Å². The number of hydrogen-bond acceptors (Lipinski definition) is 6. The summed E-state index contributed by atoms with van der Waals surface area (Å²) in [5, 5.41) is 3.07. The summed E-state index contributed by atoms with van der Waals surface area (Å²) in [6.45, 7) is 5.39. The van der Waals surface area contributed by atoms with Crippen LogP contribution in [0, 0.1) is 0 Å². The summed E-state index contributed by atoms with van der Waals surface area (Å²) in [4.78, 5) is 25.2. The van der Waals surface area contributed by atoms with Gasteiger partial charge in [-0.3, -0.25) is 9.59 Å². The number of carbonyl (C=O) groups is 2. The van der Waals surface area contributed by atoms with Gasteiger partial charge in [0.05, 0.1) is 6.61 Å². The van der Waals surface area contributed by atoms with Crippen LogP contribution < -0.4 is 19.5 Å². The second-order valence-electron chi connectivity index (χ2n) is 8.41. The standard InChI is InChI=1S/C26H31NO6/c1-2-31-21-6-4-20(5-7-21)26(11-13-30-14-12-26)18-27-25(29)10-8-22(28)19-3-9-23-24(17-19)33-16-15-32-23/h3-7,9,17H,2,8,10-16,18H2,1H3,(H,27,29). The Labute approximate surface area is 194 Å². The van der Waals surface area contributed by atoms with Gasteiger partial charge in [0.2, 0.25) is 5.91 Å². The second-order valence-corrected chi connectivity index (χ2v) is 8.41. The van der Waals surface area contributed by atoms with Gasteiger partial charge >= 0.3 is 0 Å². The van der Waals surface area contributed by atoms with E-state index in [4.69, 9.17) is 18.9 Å². The van der Waals surface area contributed by atoms with E-state index in [2.05, 4.69) is 17.4 Å². The smallest absolute Gasteiger partial charge is 0.220 e. The van der Waals surface area contributed by atoms with Crippen molar-refractivity contribution in [3.63, 3.8) is 0 Å². The van der Waals surface area contributed by atoms with E-state index in [0.717, 1.165) is 18.6 Å². The first-order valence-electron chi connectivity index (χ1n) is 11.6. The first kappa shape index (κ1) is 23.1. The van der Waals surface area contributed by atoms with Crippen LogP contribution in [-0.4, -0.2) is 51.3 Å². The van der Waals surface area contributed by atoms with Gasteiger partial charge in [-0.1, -0.05) is 12.1 Å². The van der Waals surface area contributed by atoms with Crippen LogP contribution in [0.15, 0.2) is 42.5 Å². The Morgan fingerprint density at radius 3 is 2.39 bits per heavy atom. The van der Waals surface area contributed by atoms with Gasteiger partial charge in [-0.05, 0) is 55.7 Å². The predicted molar refractivity (Wildman–Crippen MR) is 123 cm³/mol. The normalized spacial score (nSPS) is 16.6. The molecule has 2 aliphatic rings. The number of amides is 1. The summed E-state index contributed by atoms with van der Waals surface area (Å²) in [6.07, 6.45) is 1.95. The third-order valence-electron chi connectivity index (χ3n) is 6.29. The molecule has 2 aromatic rings. The van der Waals surface area contributed by atoms with Crippen LogP contribution in [-0.2, 0) is 14.9 Å². The fraction of sp³-hybridized carbons (Fsp3) is 0.462. The summed E-state index contributed by atoms with van der Waals surface area (Å²) in [5.74, 6) is 1.84. The molecular formula is C26H31NO6. The second kappa shape index (κ2) is 10.7. The van der Waals surface area contributed by atoms with Gasteiger partial charge in [0.15, 0.2) is 17.3 Å². The van der Waals surface area contributed by atoms with E-state index < -0.39 is 0 Å². The van der Waals surface area contributed by atoms with E-state index in [9.17, 15) is 9.59 Å². The van der Waals surface area contributed by atoms with Crippen molar-refractivity contribution in [2.75, 3.05) is 39.6 Å². The molecule has 1 fully saturated rings. The minimum Gasteiger partial charge on any atom is -0.494 e. The van der Waals surface area contributed by atoms with Gasteiger partial charge in [0.1, 0.15) is 19.0 Å². The topological polar surface area (TPSA) is 83.1 Å². The molecule has 2 aromatic carbocycles. The molecule has 4 rings (SSSR count). The van der Waals surface area contributed by atoms with Gasteiger partial charge in [0.25, 0.3) is 0 Å². The number of nitrogens with one attached hydrogen (secondary N) is 1. The van der Waals surface area contributed by atoms with E-state index >= 15 is 0 Å².